The molecular weight excluding hydrogens is 528 g/mol. The summed E-state index contributed by atoms with van der Waals surface area (Å²) in [7, 11) is 0. The summed E-state index contributed by atoms with van der Waals surface area (Å²) < 4.78 is 10.8. The zero-order valence-electron chi connectivity index (χ0n) is 23.2. The lowest BCUT2D eigenvalue weighted by Gasteiger charge is -2.27. The zero-order chi connectivity index (χ0) is 29.3. The molecule has 1 atom stereocenters. The number of rotatable bonds is 9. The van der Waals surface area contributed by atoms with Crippen LogP contribution in [0.4, 0.5) is 11.4 Å². The molecule has 1 aliphatic rings. The van der Waals surface area contributed by atoms with Crippen LogP contribution in [0, 0.1) is 11.8 Å². The van der Waals surface area contributed by atoms with Gasteiger partial charge in [-0.25, -0.2) is 4.79 Å². The molecule has 0 aliphatic carbocycles. The lowest BCUT2D eigenvalue weighted by atomic mass is 10.00. The predicted molar refractivity (Wildman–Crippen MR) is 162 cm³/mol. The average molecular weight is 559 g/mol. The number of nitrogens with one attached hydrogen (secondary N) is 1. The van der Waals surface area contributed by atoms with E-state index in [1.165, 1.54) is 0 Å². The number of ether oxygens (including phenoxy) is 2. The third kappa shape index (κ3) is 6.68. The van der Waals surface area contributed by atoms with E-state index in [1.807, 2.05) is 72.8 Å². The maximum Gasteiger partial charge on any atom is 0.328 e. The van der Waals surface area contributed by atoms with Crippen molar-refractivity contribution in [2.75, 3.05) is 30.0 Å². The fraction of sp³-hybridized carbons (Fsp3) is 0.171. The van der Waals surface area contributed by atoms with E-state index in [1.54, 1.807) is 42.2 Å². The molecule has 1 N–H and O–H groups in total. The highest BCUT2D eigenvalue weighted by atomic mass is 16.5. The van der Waals surface area contributed by atoms with Gasteiger partial charge in [0.05, 0.1) is 18.8 Å². The molecule has 1 aliphatic heterocycles. The van der Waals surface area contributed by atoms with Crippen LogP contribution in [0.5, 0.6) is 5.75 Å². The number of anilines is 2. The second-order valence-corrected chi connectivity index (χ2v) is 9.63. The van der Waals surface area contributed by atoms with Crippen LogP contribution in [0.1, 0.15) is 34.0 Å². The van der Waals surface area contributed by atoms with Crippen molar-refractivity contribution in [2.45, 2.75) is 19.4 Å². The minimum atomic E-state index is -0.709. The molecule has 0 unspecified atom stereocenters. The molecule has 42 heavy (non-hydrogen) atoms. The fourth-order valence-corrected chi connectivity index (χ4v) is 4.68. The van der Waals surface area contributed by atoms with Crippen molar-refractivity contribution in [3.63, 3.8) is 0 Å². The molecule has 0 aromatic heterocycles. The van der Waals surface area contributed by atoms with Crippen molar-refractivity contribution in [2.24, 2.45) is 0 Å². The zero-order valence-corrected chi connectivity index (χ0v) is 23.2. The molecule has 4 aromatic rings. The van der Waals surface area contributed by atoms with Gasteiger partial charge in [0, 0.05) is 28.8 Å². The first kappa shape index (κ1) is 28.2. The average Bonchev–Trinajstić information content (AvgIpc) is 3.03. The van der Waals surface area contributed by atoms with E-state index in [-0.39, 0.29) is 31.4 Å². The second kappa shape index (κ2) is 13.3. The van der Waals surface area contributed by atoms with Gasteiger partial charge in [0.1, 0.15) is 11.8 Å². The van der Waals surface area contributed by atoms with Crippen LogP contribution in [0.25, 0.3) is 0 Å². The number of amides is 1. The standard InChI is InChI=1S/C35H30N2O5/c1-2-41-35(40)30(36-29-15-7-6-14-28(29)34(39)27-12-4-3-5-13-27)23-26-20-18-25(19-21-26)11-10-22-37-31-16-8-9-17-32(31)42-24-33(37)38/h3-9,12-21,30,36H,2,22-24H2,1H3/t30-/m0/s1. The van der Waals surface area contributed by atoms with Crippen LogP contribution in [-0.4, -0.2) is 43.5 Å². The van der Waals surface area contributed by atoms with E-state index < -0.39 is 12.0 Å². The summed E-state index contributed by atoms with van der Waals surface area (Å²) in [5, 5.41) is 3.26. The minimum Gasteiger partial charge on any atom is -0.482 e. The summed E-state index contributed by atoms with van der Waals surface area (Å²) >= 11 is 0. The highest BCUT2D eigenvalue weighted by Crippen LogP contribution is 2.31. The van der Waals surface area contributed by atoms with Crippen molar-refractivity contribution in [1.82, 2.24) is 0 Å². The number of carbonyl (C=O) groups is 3. The number of fused-ring (bicyclic) bond motifs is 1. The van der Waals surface area contributed by atoms with Crippen molar-refractivity contribution in [1.29, 1.82) is 0 Å². The first-order valence-corrected chi connectivity index (χ1v) is 13.8. The van der Waals surface area contributed by atoms with Crippen molar-refractivity contribution in [3.05, 3.63) is 125 Å². The van der Waals surface area contributed by atoms with Crippen LogP contribution in [0.15, 0.2) is 103 Å². The van der Waals surface area contributed by atoms with Gasteiger partial charge >= 0.3 is 5.97 Å². The topological polar surface area (TPSA) is 84.9 Å². The van der Waals surface area contributed by atoms with E-state index in [2.05, 4.69) is 17.2 Å². The Kier molecular flexibility index (Phi) is 8.95. The maximum atomic E-state index is 13.2. The second-order valence-electron chi connectivity index (χ2n) is 9.63. The molecule has 0 fully saturated rings. The molecule has 210 valence electrons. The Morgan fingerprint density at radius 3 is 2.43 bits per heavy atom. The molecule has 0 spiro atoms. The SMILES string of the molecule is CCOC(=O)[C@H](Cc1ccc(C#CCN2C(=O)COc3ccccc32)cc1)Nc1ccccc1C(=O)c1ccccc1. The summed E-state index contributed by atoms with van der Waals surface area (Å²) in [6.07, 6.45) is 0.347. The summed E-state index contributed by atoms with van der Waals surface area (Å²) in [4.78, 5) is 40.2. The van der Waals surface area contributed by atoms with E-state index >= 15 is 0 Å². The number of para-hydroxylation sites is 3. The van der Waals surface area contributed by atoms with Crippen LogP contribution in [-0.2, 0) is 20.7 Å². The summed E-state index contributed by atoms with van der Waals surface area (Å²) in [5.74, 6) is 6.19. The maximum absolute atomic E-state index is 13.2. The molecule has 7 nitrogen and oxygen atoms in total. The number of hydrogen-bond acceptors (Lipinski definition) is 6. The molecule has 0 bridgehead atoms. The number of hydrogen-bond donors (Lipinski definition) is 1. The summed E-state index contributed by atoms with van der Waals surface area (Å²) in [6.45, 7) is 2.25. The smallest absolute Gasteiger partial charge is 0.328 e. The third-order valence-electron chi connectivity index (χ3n) is 6.78. The lowest BCUT2D eigenvalue weighted by molar-refractivity contribution is -0.144. The molecule has 0 saturated heterocycles. The first-order chi connectivity index (χ1) is 20.5. The number of ketones is 1. The van der Waals surface area contributed by atoms with Crippen molar-refractivity contribution in [3.8, 4) is 17.6 Å². The number of carbonyl (C=O) groups excluding carboxylic acids is 3. The first-order valence-electron chi connectivity index (χ1n) is 13.8. The summed E-state index contributed by atoms with van der Waals surface area (Å²) in [5.41, 5.74) is 4.00. The number of benzene rings is 4. The van der Waals surface area contributed by atoms with E-state index in [4.69, 9.17) is 9.47 Å². The van der Waals surface area contributed by atoms with Gasteiger partial charge in [-0.2, -0.15) is 0 Å². The minimum absolute atomic E-state index is 0.00600. The Labute approximate surface area is 245 Å². The third-order valence-corrected chi connectivity index (χ3v) is 6.78. The molecule has 0 saturated carbocycles. The molecule has 4 aromatic carbocycles. The Bertz CT molecular complexity index is 1640. The van der Waals surface area contributed by atoms with E-state index in [0.29, 0.717) is 34.7 Å². The van der Waals surface area contributed by atoms with Gasteiger partial charge in [-0.3, -0.25) is 14.5 Å². The Morgan fingerprint density at radius 2 is 1.64 bits per heavy atom. The predicted octanol–water partition coefficient (Wildman–Crippen LogP) is 5.28. The molecule has 5 rings (SSSR count). The largest absolute Gasteiger partial charge is 0.482 e. The van der Waals surface area contributed by atoms with Crippen LogP contribution < -0.4 is 15.0 Å². The number of esters is 1. The van der Waals surface area contributed by atoms with Crippen LogP contribution in [0.2, 0.25) is 0 Å². The lowest BCUT2D eigenvalue weighted by Crippen LogP contribution is -2.38. The molecule has 7 heteroatoms. The molecule has 1 heterocycles. The van der Waals surface area contributed by atoms with Gasteiger partial charge in [-0.1, -0.05) is 78.6 Å². The molecule has 1 amide bonds. The van der Waals surface area contributed by atoms with E-state index in [0.717, 1.165) is 11.1 Å². The molecular formula is C35H30N2O5. The Balaban J connectivity index is 1.29. The van der Waals surface area contributed by atoms with Crippen LogP contribution >= 0.6 is 0 Å². The highest BCUT2D eigenvalue weighted by Gasteiger charge is 2.25. The Hall–Kier alpha value is -5.35. The quantitative estimate of drug-likeness (QED) is 0.171. The van der Waals surface area contributed by atoms with Gasteiger partial charge in [0.15, 0.2) is 12.4 Å². The highest BCUT2D eigenvalue weighted by molar-refractivity contribution is 6.12. The van der Waals surface area contributed by atoms with Gasteiger partial charge < -0.3 is 14.8 Å². The number of nitrogens with zero attached hydrogens (tertiary/aromatic N) is 1. The fourth-order valence-electron chi connectivity index (χ4n) is 4.68. The van der Waals surface area contributed by atoms with Crippen molar-refractivity contribution >= 4 is 29.0 Å². The van der Waals surface area contributed by atoms with Gasteiger partial charge in [-0.05, 0) is 48.9 Å². The summed E-state index contributed by atoms with van der Waals surface area (Å²) in [6, 6.07) is 30.5. The monoisotopic (exact) mass is 558 g/mol. The van der Waals surface area contributed by atoms with Crippen molar-refractivity contribution < 1.29 is 23.9 Å². The normalized spacial score (nSPS) is 12.7. The van der Waals surface area contributed by atoms with Crippen LogP contribution in [0.3, 0.4) is 0 Å². The Morgan fingerprint density at radius 1 is 0.929 bits per heavy atom. The van der Waals surface area contributed by atoms with E-state index in [9.17, 15) is 14.4 Å². The van der Waals surface area contributed by atoms with Gasteiger partial charge in [0.2, 0.25) is 0 Å². The van der Waals surface area contributed by atoms with Gasteiger partial charge in [-0.15, -0.1) is 0 Å². The molecule has 0 radical (unpaired) electrons. The van der Waals surface area contributed by atoms with Gasteiger partial charge in [0.25, 0.3) is 5.91 Å².